The highest BCUT2D eigenvalue weighted by atomic mass is 16.2. The van der Waals surface area contributed by atoms with Crippen molar-refractivity contribution in [2.45, 2.75) is 39.0 Å². The molecular formula is C20H26N4O. The van der Waals surface area contributed by atoms with Crippen molar-refractivity contribution in [3.05, 3.63) is 30.0 Å². The Hall–Kier alpha value is -2.17. The monoisotopic (exact) mass is 338 g/mol. The number of benzene rings is 1. The Morgan fingerprint density at radius 3 is 2.36 bits per heavy atom. The zero-order valence-electron chi connectivity index (χ0n) is 14.9. The van der Waals surface area contributed by atoms with E-state index in [1.165, 1.54) is 12.8 Å². The summed E-state index contributed by atoms with van der Waals surface area (Å²) < 4.78 is 0. The van der Waals surface area contributed by atoms with Gasteiger partial charge in [0.25, 0.3) is 0 Å². The maximum absolute atomic E-state index is 12.4. The minimum absolute atomic E-state index is 0.359. The molecule has 0 unspecified atom stereocenters. The minimum atomic E-state index is 0.359. The molecule has 1 aromatic carbocycles. The van der Waals surface area contributed by atoms with Crippen molar-refractivity contribution < 1.29 is 4.79 Å². The van der Waals surface area contributed by atoms with Crippen molar-refractivity contribution in [2.75, 3.05) is 31.1 Å². The number of aromatic nitrogens is 2. The van der Waals surface area contributed by atoms with Crippen LogP contribution in [0.3, 0.4) is 0 Å². The van der Waals surface area contributed by atoms with Crippen LogP contribution < -0.4 is 4.90 Å². The first-order valence-electron chi connectivity index (χ1n) is 9.47. The zero-order chi connectivity index (χ0) is 17.2. The lowest BCUT2D eigenvalue weighted by Crippen LogP contribution is -2.37. The number of nitrogens with zero attached hydrogens (tertiary/aromatic N) is 4. The van der Waals surface area contributed by atoms with Gasteiger partial charge in [0.15, 0.2) is 5.82 Å². The highest BCUT2D eigenvalue weighted by Gasteiger charge is 2.26. The van der Waals surface area contributed by atoms with E-state index in [9.17, 15) is 4.79 Å². The van der Waals surface area contributed by atoms with Gasteiger partial charge in [-0.3, -0.25) is 4.79 Å². The summed E-state index contributed by atoms with van der Waals surface area (Å²) in [5.41, 5.74) is 2.90. The van der Waals surface area contributed by atoms with Crippen molar-refractivity contribution in [3.8, 4) is 0 Å². The number of aryl methyl sites for hydroxylation is 1. The molecular weight excluding hydrogens is 312 g/mol. The Balaban J connectivity index is 1.40. The predicted molar refractivity (Wildman–Crippen MR) is 99.6 cm³/mol. The number of para-hydroxylation sites is 2. The minimum Gasteiger partial charge on any atom is -0.355 e. The molecule has 4 rings (SSSR count). The van der Waals surface area contributed by atoms with E-state index < -0.39 is 0 Å². The van der Waals surface area contributed by atoms with Crippen molar-refractivity contribution in [1.29, 1.82) is 0 Å². The van der Waals surface area contributed by atoms with Crippen molar-refractivity contribution >= 4 is 22.8 Å². The summed E-state index contributed by atoms with van der Waals surface area (Å²) in [6.45, 7) is 5.89. The number of carbonyl (C=O) groups is 1. The zero-order valence-corrected chi connectivity index (χ0v) is 14.9. The van der Waals surface area contributed by atoms with Gasteiger partial charge in [0, 0.05) is 32.6 Å². The van der Waals surface area contributed by atoms with Crippen LogP contribution in [0.4, 0.5) is 5.82 Å². The molecule has 0 N–H and O–H groups in total. The van der Waals surface area contributed by atoms with Gasteiger partial charge in [-0.1, -0.05) is 12.1 Å². The van der Waals surface area contributed by atoms with Crippen LogP contribution in [0.1, 0.15) is 37.8 Å². The van der Waals surface area contributed by atoms with Gasteiger partial charge in [-0.15, -0.1) is 0 Å². The average molecular weight is 338 g/mol. The van der Waals surface area contributed by atoms with E-state index in [2.05, 4.69) is 4.90 Å². The number of carbonyl (C=O) groups excluding carboxylic acids is 1. The summed E-state index contributed by atoms with van der Waals surface area (Å²) >= 11 is 0. The highest BCUT2D eigenvalue weighted by molar-refractivity contribution is 5.77. The number of fused-ring (bicyclic) bond motifs is 1. The van der Waals surface area contributed by atoms with Gasteiger partial charge in [-0.05, 0) is 50.7 Å². The molecule has 0 bridgehead atoms. The second-order valence-electron chi connectivity index (χ2n) is 7.34. The van der Waals surface area contributed by atoms with Crippen molar-refractivity contribution in [3.63, 3.8) is 0 Å². The number of amides is 1. The van der Waals surface area contributed by atoms with Crippen LogP contribution in [0.5, 0.6) is 0 Å². The molecule has 5 heteroatoms. The maximum Gasteiger partial charge on any atom is 0.222 e. The summed E-state index contributed by atoms with van der Waals surface area (Å²) in [5, 5.41) is 0. The van der Waals surface area contributed by atoms with Gasteiger partial charge in [0.1, 0.15) is 0 Å². The van der Waals surface area contributed by atoms with E-state index in [0.29, 0.717) is 11.8 Å². The lowest BCUT2D eigenvalue weighted by Gasteiger charge is -2.33. The van der Waals surface area contributed by atoms with E-state index in [1.54, 1.807) is 0 Å². The standard InChI is InChI=1S/C20H26N4O/c1-15-20(22-18-7-3-2-6-17(18)21-15)24-12-8-16(9-13-24)14-19(25)23-10-4-5-11-23/h2-3,6-7,16H,4-5,8-14H2,1H3. The molecule has 132 valence electrons. The lowest BCUT2D eigenvalue weighted by atomic mass is 9.93. The summed E-state index contributed by atoms with van der Waals surface area (Å²) in [5.74, 6) is 1.87. The van der Waals surface area contributed by atoms with Crippen LogP contribution in [0.15, 0.2) is 24.3 Å². The van der Waals surface area contributed by atoms with E-state index in [0.717, 1.165) is 68.0 Å². The number of anilines is 1. The third kappa shape index (κ3) is 3.46. The highest BCUT2D eigenvalue weighted by Crippen LogP contribution is 2.27. The van der Waals surface area contributed by atoms with Gasteiger partial charge >= 0.3 is 0 Å². The third-order valence-corrected chi connectivity index (χ3v) is 5.56. The average Bonchev–Trinajstić information content (AvgIpc) is 3.17. The fourth-order valence-electron chi connectivity index (χ4n) is 4.07. The van der Waals surface area contributed by atoms with E-state index >= 15 is 0 Å². The summed E-state index contributed by atoms with van der Waals surface area (Å²) in [6.07, 6.45) is 5.19. The fourth-order valence-corrected chi connectivity index (χ4v) is 4.07. The molecule has 2 aromatic rings. The molecule has 0 radical (unpaired) electrons. The van der Waals surface area contributed by atoms with Crippen LogP contribution in [-0.2, 0) is 4.79 Å². The Morgan fingerprint density at radius 1 is 1.04 bits per heavy atom. The number of hydrogen-bond donors (Lipinski definition) is 0. The normalized spacial score (nSPS) is 18.9. The molecule has 0 atom stereocenters. The van der Waals surface area contributed by atoms with Crippen LogP contribution in [-0.4, -0.2) is 47.0 Å². The summed E-state index contributed by atoms with van der Waals surface area (Å²) in [6, 6.07) is 8.04. The van der Waals surface area contributed by atoms with Gasteiger partial charge in [-0.2, -0.15) is 0 Å². The molecule has 2 fully saturated rings. The smallest absolute Gasteiger partial charge is 0.222 e. The summed E-state index contributed by atoms with van der Waals surface area (Å²) in [4.78, 5) is 26.3. The maximum atomic E-state index is 12.4. The van der Waals surface area contributed by atoms with Gasteiger partial charge < -0.3 is 9.80 Å². The molecule has 0 saturated carbocycles. The molecule has 1 aromatic heterocycles. The molecule has 0 aliphatic carbocycles. The van der Waals surface area contributed by atoms with Crippen LogP contribution >= 0.6 is 0 Å². The first-order valence-corrected chi connectivity index (χ1v) is 9.47. The summed E-state index contributed by atoms with van der Waals surface area (Å²) in [7, 11) is 0. The number of piperidine rings is 1. The largest absolute Gasteiger partial charge is 0.355 e. The molecule has 0 spiro atoms. The SMILES string of the molecule is Cc1nc2ccccc2nc1N1CCC(CC(=O)N2CCCC2)CC1. The molecule has 5 nitrogen and oxygen atoms in total. The first kappa shape index (κ1) is 16.3. The topological polar surface area (TPSA) is 49.3 Å². The second kappa shape index (κ2) is 6.98. The Bertz CT molecular complexity index is 761. The quantitative estimate of drug-likeness (QED) is 0.862. The molecule has 2 aliphatic heterocycles. The number of rotatable bonds is 3. The predicted octanol–water partition coefficient (Wildman–Crippen LogP) is 3.17. The molecule has 2 aliphatic rings. The first-order chi connectivity index (χ1) is 12.2. The fraction of sp³-hybridized carbons (Fsp3) is 0.550. The van der Waals surface area contributed by atoms with Gasteiger partial charge in [0.05, 0.1) is 16.7 Å². The second-order valence-corrected chi connectivity index (χ2v) is 7.34. The van der Waals surface area contributed by atoms with E-state index in [4.69, 9.17) is 9.97 Å². The van der Waals surface area contributed by atoms with Gasteiger partial charge in [0.2, 0.25) is 5.91 Å². The molecule has 1 amide bonds. The van der Waals surface area contributed by atoms with Crippen LogP contribution in [0.25, 0.3) is 11.0 Å². The molecule has 25 heavy (non-hydrogen) atoms. The Kier molecular flexibility index (Phi) is 4.55. The van der Waals surface area contributed by atoms with Gasteiger partial charge in [-0.25, -0.2) is 9.97 Å². The van der Waals surface area contributed by atoms with Crippen molar-refractivity contribution in [1.82, 2.24) is 14.9 Å². The molecule has 3 heterocycles. The Morgan fingerprint density at radius 2 is 1.68 bits per heavy atom. The Labute approximate surface area is 149 Å². The van der Waals surface area contributed by atoms with E-state index in [1.807, 2.05) is 36.1 Å². The number of likely N-dealkylation sites (tertiary alicyclic amines) is 1. The number of hydrogen-bond acceptors (Lipinski definition) is 4. The van der Waals surface area contributed by atoms with Crippen LogP contribution in [0.2, 0.25) is 0 Å². The van der Waals surface area contributed by atoms with Crippen LogP contribution in [0, 0.1) is 12.8 Å². The third-order valence-electron chi connectivity index (χ3n) is 5.56. The van der Waals surface area contributed by atoms with E-state index in [-0.39, 0.29) is 0 Å². The van der Waals surface area contributed by atoms with Crippen molar-refractivity contribution in [2.24, 2.45) is 5.92 Å². The lowest BCUT2D eigenvalue weighted by molar-refractivity contribution is -0.131. The molecule has 2 saturated heterocycles.